The van der Waals surface area contributed by atoms with Crippen molar-refractivity contribution in [2.75, 3.05) is 19.8 Å². The van der Waals surface area contributed by atoms with Crippen molar-refractivity contribution in [3.8, 4) is 0 Å². The second-order valence-corrected chi connectivity index (χ2v) is 4.27. The van der Waals surface area contributed by atoms with Crippen molar-refractivity contribution in [3.63, 3.8) is 0 Å². The average molecular weight is 197 g/mol. The van der Waals surface area contributed by atoms with E-state index >= 15 is 0 Å². The van der Waals surface area contributed by atoms with Crippen molar-refractivity contribution in [2.45, 2.75) is 31.4 Å². The minimum Gasteiger partial charge on any atom is -0.389 e. The third-order valence-electron chi connectivity index (χ3n) is 3.10. The zero-order valence-electron chi connectivity index (χ0n) is 8.48. The number of rotatable bonds is 3. The molecule has 0 radical (unpaired) electrons. The Labute approximate surface area is 85.1 Å². The molecule has 0 saturated carbocycles. The summed E-state index contributed by atoms with van der Waals surface area (Å²) in [7, 11) is 0. The second kappa shape index (κ2) is 4.91. The maximum atomic E-state index is 9.52. The van der Waals surface area contributed by atoms with E-state index in [1.165, 1.54) is 19.3 Å². The van der Waals surface area contributed by atoms with Crippen molar-refractivity contribution in [3.05, 3.63) is 12.2 Å². The molecule has 1 heterocycles. The zero-order valence-corrected chi connectivity index (χ0v) is 8.48. The van der Waals surface area contributed by atoms with Crippen LogP contribution < -0.4 is 5.32 Å². The van der Waals surface area contributed by atoms with Crippen LogP contribution in [0, 0.1) is 5.92 Å². The smallest absolute Gasteiger partial charge is 0.0948 e. The number of nitrogens with one attached hydrogen (secondary N) is 1. The molecule has 1 saturated heterocycles. The molecule has 1 fully saturated rings. The van der Waals surface area contributed by atoms with E-state index in [1.54, 1.807) is 0 Å². The van der Waals surface area contributed by atoms with E-state index in [0.717, 1.165) is 12.5 Å². The predicted octanol–water partition coefficient (Wildman–Crippen LogP) is 0.692. The lowest BCUT2D eigenvalue weighted by Gasteiger charge is -2.21. The van der Waals surface area contributed by atoms with Gasteiger partial charge < -0.3 is 15.2 Å². The van der Waals surface area contributed by atoms with Crippen molar-refractivity contribution >= 4 is 0 Å². The molecule has 3 nitrogen and oxygen atoms in total. The van der Waals surface area contributed by atoms with E-state index in [2.05, 4.69) is 17.5 Å². The quantitative estimate of drug-likeness (QED) is 0.654. The number of aliphatic hydroxyl groups is 1. The maximum absolute atomic E-state index is 9.52. The largest absolute Gasteiger partial charge is 0.389 e. The lowest BCUT2D eigenvalue weighted by atomic mass is 9.94. The molecule has 1 aliphatic heterocycles. The van der Waals surface area contributed by atoms with Gasteiger partial charge in [-0.3, -0.25) is 0 Å². The molecular formula is C11H19NO2. The Morgan fingerprint density at radius 2 is 2.29 bits per heavy atom. The van der Waals surface area contributed by atoms with Gasteiger partial charge in [-0.1, -0.05) is 12.2 Å². The minimum atomic E-state index is -0.311. The van der Waals surface area contributed by atoms with Crippen LogP contribution in [0.1, 0.15) is 19.3 Å². The van der Waals surface area contributed by atoms with E-state index in [1.807, 2.05) is 0 Å². The average Bonchev–Trinajstić information content (AvgIpc) is 2.63. The number of ether oxygens (including phenoxy) is 1. The standard InChI is InChI=1S/C11H19NO2/c13-11-8-14-7-10(11)12-6-9-4-2-1-3-5-9/h1-2,9-13H,3-8H2/t9?,10-,11-/m1/s1. The van der Waals surface area contributed by atoms with Crippen LogP contribution in [-0.4, -0.2) is 37.0 Å². The van der Waals surface area contributed by atoms with Gasteiger partial charge in [-0.2, -0.15) is 0 Å². The number of aliphatic hydroxyl groups excluding tert-OH is 1. The fourth-order valence-electron chi connectivity index (χ4n) is 2.10. The fraction of sp³-hybridized carbons (Fsp3) is 0.818. The van der Waals surface area contributed by atoms with Crippen LogP contribution in [0.15, 0.2) is 12.2 Å². The van der Waals surface area contributed by atoms with Crippen LogP contribution in [0.4, 0.5) is 0 Å². The Morgan fingerprint density at radius 3 is 2.93 bits per heavy atom. The molecular weight excluding hydrogens is 178 g/mol. The van der Waals surface area contributed by atoms with E-state index in [0.29, 0.717) is 13.2 Å². The maximum Gasteiger partial charge on any atom is 0.0948 e. The number of allylic oxidation sites excluding steroid dienone is 2. The zero-order chi connectivity index (χ0) is 9.80. The molecule has 0 spiro atoms. The molecule has 2 N–H and O–H groups in total. The first-order valence-electron chi connectivity index (χ1n) is 5.50. The number of hydrogen-bond donors (Lipinski definition) is 2. The Morgan fingerprint density at radius 1 is 1.36 bits per heavy atom. The molecule has 2 rings (SSSR count). The molecule has 1 unspecified atom stereocenters. The molecule has 1 aliphatic carbocycles. The Bertz CT molecular complexity index is 205. The summed E-state index contributed by atoms with van der Waals surface area (Å²) in [6, 6.07) is 0.154. The fourth-order valence-corrected chi connectivity index (χ4v) is 2.10. The summed E-state index contributed by atoms with van der Waals surface area (Å²) < 4.78 is 5.18. The molecule has 0 bridgehead atoms. The van der Waals surface area contributed by atoms with Crippen molar-refractivity contribution in [1.82, 2.24) is 5.32 Å². The monoisotopic (exact) mass is 197 g/mol. The van der Waals surface area contributed by atoms with Crippen LogP contribution in [0.2, 0.25) is 0 Å². The van der Waals surface area contributed by atoms with Crippen molar-refractivity contribution in [1.29, 1.82) is 0 Å². The Balaban J connectivity index is 1.68. The summed E-state index contributed by atoms with van der Waals surface area (Å²) >= 11 is 0. The van der Waals surface area contributed by atoms with Crippen molar-refractivity contribution in [2.24, 2.45) is 5.92 Å². The molecule has 3 heteroatoms. The van der Waals surface area contributed by atoms with Gasteiger partial charge in [0.05, 0.1) is 25.4 Å². The van der Waals surface area contributed by atoms with Crippen LogP contribution in [-0.2, 0) is 4.74 Å². The van der Waals surface area contributed by atoms with Gasteiger partial charge in [0.2, 0.25) is 0 Å². The summed E-state index contributed by atoms with van der Waals surface area (Å²) in [4.78, 5) is 0. The highest BCUT2D eigenvalue weighted by molar-refractivity contribution is 4.91. The predicted molar refractivity (Wildman–Crippen MR) is 55.1 cm³/mol. The Kier molecular flexibility index (Phi) is 3.56. The van der Waals surface area contributed by atoms with E-state index in [9.17, 15) is 5.11 Å². The third kappa shape index (κ3) is 2.56. The molecule has 3 atom stereocenters. The second-order valence-electron chi connectivity index (χ2n) is 4.27. The van der Waals surface area contributed by atoms with Crippen LogP contribution >= 0.6 is 0 Å². The summed E-state index contributed by atoms with van der Waals surface area (Å²) in [5.74, 6) is 0.743. The molecule has 0 aromatic rings. The Hall–Kier alpha value is -0.380. The molecule has 0 aromatic heterocycles. The van der Waals surface area contributed by atoms with Crippen LogP contribution in [0.3, 0.4) is 0 Å². The number of hydrogen-bond acceptors (Lipinski definition) is 3. The summed E-state index contributed by atoms with van der Waals surface area (Å²) in [6.07, 6.45) is 7.86. The molecule has 80 valence electrons. The van der Waals surface area contributed by atoms with E-state index in [-0.39, 0.29) is 12.1 Å². The topological polar surface area (TPSA) is 41.5 Å². The summed E-state index contributed by atoms with van der Waals surface area (Å²) in [5.41, 5.74) is 0. The highest BCUT2D eigenvalue weighted by atomic mass is 16.5. The minimum absolute atomic E-state index is 0.154. The normalized spacial score (nSPS) is 37.6. The van der Waals surface area contributed by atoms with Crippen molar-refractivity contribution < 1.29 is 9.84 Å². The molecule has 2 aliphatic rings. The summed E-state index contributed by atoms with van der Waals surface area (Å²) in [5, 5.41) is 12.9. The highest BCUT2D eigenvalue weighted by Gasteiger charge is 2.26. The van der Waals surface area contributed by atoms with Gasteiger partial charge in [-0.05, 0) is 31.7 Å². The van der Waals surface area contributed by atoms with Gasteiger partial charge in [-0.25, -0.2) is 0 Å². The first-order valence-corrected chi connectivity index (χ1v) is 5.50. The first kappa shape index (κ1) is 10.1. The summed E-state index contributed by atoms with van der Waals surface area (Å²) in [6.45, 7) is 2.15. The van der Waals surface area contributed by atoms with Gasteiger partial charge >= 0.3 is 0 Å². The van der Waals surface area contributed by atoms with Gasteiger partial charge in [0.1, 0.15) is 0 Å². The first-order chi connectivity index (χ1) is 6.86. The van der Waals surface area contributed by atoms with Gasteiger partial charge in [0.15, 0.2) is 0 Å². The SMILES string of the molecule is O[C@@H]1COC[C@H]1NCC1CC=CCC1. The van der Waals surface area contributed by atoms with Crippen LogP contribution in [0.5, 0.6) is 0 Å². The highest BCUT2D eigenvalue weighted by Crippen LogP contribution is 2.17. The molecule has 0 aromatic carbocycles. The third-order valence-corrected chi connectivity index (χ3v) is 3.10. The van der Waals surface area contributed by atoms with Crippen LogP contribution in [0.25, 0.3) is 0 Å². The molecule has 0 amide bonds. The lowest BCUT2D eigenvalue weighted by molar-refractivity contribution is 0.122. The van der Waals surface area contributed by atoms with Gasteiger partial charge in [0.25, 0.3) is 0 Å². The molecule has 14 heavy (non-hydrogen) atoms. The van der Waals surface area contributed by atoms with Gasteiger partial charge in [0, 0.05) is 0 Å². The van der Waals surface area contributed by atoms with Gasteiger partial charge in [-0.15, -0.1) is 0 Å². The lowest BCUT2D eigenvalue weighted by Crippen LogP contribution is -2.41. The van der Waals surface area contributed by atoms with E-state index < -0.39 is 0 Å². The van der Waals surface area contributed by atoms with E-state index in [4.69, 9.17) is 4.74 Å².